The summed E-state index contributed by atoms with van der Waals surface area (Å²) in [4.78, 5) is 10.3. The van der Waals surface area contributed by atoms with E-state index in [2.05, 4.69) is 20.4 Å². The summed E-state index contributed by atoms with van der Waals surface area (Å²) >= 11 is 0. The minimum absolute atomic E-state index is 0.0622. The van der Waals surface area contributed by atoms with E-state index in [1.54, 1.807) is 23.1 Å². The van der Waals surface area contributed by atoms with Gasteiger partial charge in [-0.3, -0.25) is 4.90 Å². The molecule has 0 saturated carbocycles. The van der Waals surface area contributed by atoms with Crippen LogP contribution in [0.25, 0.3) is 27.7 Å². The first-order chi connectivity index (χ1) is 18.3. The Balaban J connectivity index is 1.31. The van der Waals surface area contributed by atoms with Crippen LogP contribution in [-0.2, 0) is 11.3 Å². The second-order valence-electron chi connectivity index (χ2n) is 9.14. The maximum absolute atomic E-state index is 15.3. The van der Waals surface area contributed by atoms with Crippen molar-refractivity contribution in [3.05, 3.63) is 36.5 Å². The largest absolute Gasteiger partial charge is 0.479 e. The molecule has 0 amide bonds. The number of anilines is 1. The highest BCUT2D eigenvalue weighted by Crippen LogP contribution is 2.35. The number of piperidine rings is 1. The minimum atomic E-state index is -2.57. The number of alkyl halides is 3. The highest BCUT2D eigenvalue weighted by atomic mass is 19.3. The molecule has 2 atom stereocenters. The number of nitrogens with one attached hydrogen (secondary N) is 1. The van der Waals surface area contributed by atoms with Crippen LogP contribution in [0.3, 0.4) is 0 Å². The van der Waals surface area contributed by atoms with Crippen molar-refractivity contribution in [2.45, 2.75) is 37.6 Å². The van der Waals surface area contributed by atoms with Gasteiger partial charge in [-0.25, -0.2) is 27.1 Å². The number of halogens is 4. The second kappa shape index (κ2) is 9.45. The quantitative estimate of drug-likeness (QED) is 0.374. The van der Waals surface area contributed by atoms with Gasteiger partial charge in [0.15, 0.2) is 5.82 Å². The average molecular weight is 521 g/mol. The van der Waals surface area contributed by atoms with Crippen molar-refractivity contribution in [2.75, 3.05) is 38.7 Å². The zero-order valence-corrected chi connectivity index (χ0v) is 19.9. The molecule has 2 fully saturated rings. The first-order valence-electron chi connectivity index (χ1n) is 12.4. The molecule has 1 aromatic carbocycles. The number of ether oxygens (including phenoxy) is 2. The van der Waals surface area contributed by atoms with E-state index in [-0.39, 0.29) is 42.7 Å². The van der Waals surface area contributed by atoms with E-state index < -0.39 is 37.0 Å². The Bertz CT molecular complexity index is 1490. The molecule has 9 nitrogen and oxygen atoms in total. The molecule has 0 aliphatic carbocycles. The number of aromatic nitrogens is 5. The Morgan fingerprint density at radius 2 is 2.16 bits per heavy atom. The predicted molar refractivity (Wildman–Crippen MR) is 127 cm³/mol. The number of imidazole rings is 1. The highest BCUT2D eigenvalue weighted by molar-refractivity contribution is 5.90. The van der Waals surface area contributed by atoms with E-state index in [4.69, 9.17) is 10.8 Å². The predicted octanol–water partition coefficient (Wildman–Crippen LogP) is 3.38. The summed E-state index contributed by atoms with van der Waals surface area (Å²) in [5, 5.41) is 7.34. The molecule has 0 unspecified atom stereocenters. The topological polar surface area (TPSA) is 81.7 Å². The Morgan fingerprint density at radius 1 is 1.32 bits per heavy atom. The first-order valence-corrected chi connectivity index (χ1v) is 11.9. The molecular weight excluding hydrogens is 494 g/mol. The Hall–Kier alpha value is -3.45. The normalized spacial score (nSPS) is 22.4. The van der Waals surface area contributed by atoms with Crippen LogP contribution in [0.1, 0.15) is 7.79 Å². The number of methoxy groups -OCH3 is 1. The third kappa shape index (κ3) is 4.35. The molecule has 6 rings (SSSR count). The van der Waals surface area contributed by atoms with Crippen molar-refractivity contribution in [1.82, 2.24) is 29.0 Å². The number of likely N-dealkylation sites (tertiary alicyclic amines) is 1. The van der Waals surface area contributed by atoms with Gasteiger partial charge in [-0.15, -0.1) is 5.10 Å². The lowest BCUT2D eigenvalue weighted by Gasteiger charge is -2.42. The zero-order valence-electron chi connectivity index (χ0n) is 20.9. The molecule has 0 spiro atoms. The van der Waals surface area contributed by atoms with Gasteiger partial charge in [-0.2, -0.15) is 4.98 Å². The van der Waals surface area contributed by atoms with Crippen molar-refractivity contribution < 1.29 is 28.4 Å². The smallest absolute Gasteiger partial charge is 0.256 e. The van der Waals surface area contributed by atoms with Gasteiger partial charge in [-0.1, -0.05) is 6.07 Å². The monoisotopic (exact) mass is 520 g/mol. The van der Waals surface area contributed by atoms with E-state index in [0.717, 1.165) is 6.20 Å². The highest BCUT2D eigenvalue weighted by Gasteiger charge is 2.36. The van der Waals surface area contributed by atoms with Gasteiger partial charge in [0.2, 0.25) is 11.8 Å². The molecule has 4 aromatic rings. The fourth-order valence-electron chi connectivity index (χ4n) is 4.90. The number of hydrogen-bond donors (Lipinski definition) is 1. The van der Waals surface area contributed by atoms with Gasteiger partial charge >= 0.3 is 0 Å². The van der Waals surface area contributed by atoms with Gasteiger partial charge in [0.1, 0.15) is 11.7 Å². The number of rotatable bonds is 7. The summed E-state index contributed by atoms with van der Waals surface area (Å²) in [5.74, 6) is -0.489. The minimum Gasteiger partial charge on any atom is -0.479 e. The van der Waals surface area contributed by atoms with Crippen molar-refractivity contribution in [1.29, 1.82) is 0 Å². The van der Waals surface area contributed by atoms with Gasteiger partial charge in [-0.05, 0) is 24.1 Å². The lowest BCUT2D eigenvalue weighted by Crippen LogP contribution is -2.57. The molecule has 196 valence electrons. The third-order valence-electron chi connectivity index (χ3n) is 6.83. The summed E-state index contributed by atoms with van der Waals surface area (Å²) in [6.45, 7) is 0.579. The fourth-order valence-corrected chi connectivity index (χ4v) is 4.90. The van der Waals surface area contributed by atoms with Crippen LogP contribution in [-0.4, -0.2) is 87.1 Å². The van der Waals surface area contributed by atoms with Crippen molar-refractivity contribution in [3.8, 4) is 17.0 Å². The first kappa shape index (κ1) is 22.7. The van der Waals surface area contributed by atoms with Crippen molar-refractivity contribution in [3.63, 3.8) is 0 Å². The Morgan fingerprint density at radius 3 is 2.86 bits per heavy atom. The molecule has 1 N–H and O–H groups in total. The maximum Gasteiger partial charge on any atom is 0.256 e. The zero-order chi connectivity index (χ0) is 26.6. The average Bonchev–Trinajstić information content (AvgIpc) is 3.42. The number of nitrogens with zero attached hydrogens (tertiary/aromatic N) is 6. The molecule has 2 aliphatic rings. The molecule has 0 radical (unpaired) electrons. The third-order valence-corrected chi connectivity index (χ3v) is 6.83. The molecule has 5 heterocycles. The van der Waals surface area contributed by atoms with Gasteiger partial charge < -0.3 is 19.4 Å². The van der Waals surface area contributed by atoms with Crippen LogP contribution in [0, 0.1) is 5.82 Å². The lowest BCUT2D eigenvalue weighted by molar-refractivity contribution is -0.0794. The number of fused-ring (bicyclic) bond motifs is 2. The SMILES string of the molecule is [2H]C1(N2CC[C@@H](Nc3nc(OC)c4c(-c5ccc6ncn(CC(F)F)c6c5)c(F)cn4n3)[C@H](F)C2)COC1. The van der Waals surface area contributed by atoms with E-state index in [9.17, 15) is 8.78 Å². The van der Waals surface area contributed by atoms with Crippen LogP contribution in [0.15, 0.2) is 30.7 Å². The summed E-state index contributed by atoms with van der Waals surface area (Å²) < 4.78 is 77.8. The summed E-state index contributed by atoms with van der Waals surface area (Å²) in [6, 6.07) is 3.37. The van der Waals surface area contributed by atoms with Crippen LogP contribution >= 0.6 is 0 Å². The van der Waals surface area contributed by atoms with Crippen LogP contribution in [0.4, 0.5) is 23.5 Å². The summed E-state index contributed by atoms with van der Waals surface area (Å²) in [6.07, 6.45) is -0.944. The molecule has 2 aliphatic heterocycles. The Kier molecular flexibility index (Phi) is 5.80. The second-order valence-corrected chi connectivity index (χ2v) is 9.14. The molecule has 0 bridgehead atoms. The molecule has 13 heteroatoms. The molecule has 2 saturated heterocycles. The maximum atomic E-state index is 15.3. The van der Waals surface area contributed by atoms with Crippen molar-refractivity contribution >= 4 is 22.5 Å². The van der Waals surface area contributed by atoms with Crippen LogP contribution in [0.2, 0.25) is 0 Å². The summed E-state index contributed by atoms with van der Waals surface area (Å²) in [5.41, 5.74) is 1.73. The van der Waals surface area contributed by atoms with E-state index >= 15 is 8.78 Å². The van der Waals surface area contributed by atoms with Crippen LogP contribution < -0.4 is 10.1 Å². The number of hydrogen-bond acceptors (Lipinski definition) is 7. The lowest BCUT2D eigenvalue weighted by atomic mass is 10.0. The van der Waals surface area contributed by atoms with E-state index in [0.29, 0.717) is 29.6 Å². The van der Waals surface area contributed by atoms with Crippen LogP contribution in [0.5, 0.6) is 5.88 Å². The molecule has 3 aromatic heterocycles. The van der Waals surface area contributed by atoms with Crippen molar-refractivity contribution in [2.24, 2.45) is 0 Å². The standard InChI is InChI=1S/C24H25F4N7O2/c1-36-23-22-21(13-2-3-18-19(6-13)34(12-29-18)9-20(27)28)16(26)8-35(22)32-24(31-23)30-17-4-5-33(7-15(17)25)14-10-37-11-14/h2-3,6,8,12,14-15,17,20H,4-5,7,9-11H2,1H3,(H,30,32)/t15-,17-/m1/s1/i14D. The van der Waals surface area contributed by atoms with Gasteiger partial charge in [0.05, 0.1) is 69.4 Å². The Labute approximate surface area is 210 Å². The molecule has 37 heavy (non-hydrogen) atoms. The molecular formula is C24H25F4N7O2. The fraction of sp³-hybridized carbons (Fsp3) is 0.458. The van der Waals surface area contributed by atoms with E-state index in [1.165, 1.54) is 22.5 Å². The summed E-state index contributed by atoms with van der Waals surface area (Å²) in [7, 11) is 1.38. The number of benzene rings is 1. The van der Waals surface area contributed by atoms with E-state index in [1.807, 2.05) is 0 Å². The van der Waals surface area contributed by atoms with Gasteiger partial charge in [0, 0.05) is 13.1 Å². The van der Waals surface area contributed by atoms with Gasteiger partial charge in [0.25, 0.3) is 6.43 Å².